The number of rotatable bonds is 3. The first-order chi connectivity index (χ1) is 11.9. The van der Waals surface area contributed by atoms with Crippen LogP contribution in [0.5, 0.6) is 5.75 Å². The summed E-state index contributed by atoms with van der Waals surface area (Å²) in [5, 5.41) is 27.3. The third-order valence-electron chi connectivity index (χ3n) is 3.49. The van der Waals surface area contributed by atoms with Gasteiger partial charge < -0.3 is 5.11 Å². The highest BCUT2D eigenvalue weighted by Gasteiger charge is 2.12. The normalized spacial score (nSPS) is 11.3. The number of benzene rings is 2. The molecular weight excluding hydrogens is 348 g/mol. The van der Waals surface area contributed by atoms with Crippen LogP contribution in [-0.4, -0.2) is 20.8 Å². The van der Waals surface area contributed by atoms with E-state index in [4.69, 9.17) is 11.6 Å². The number of nitrogens with zero attached hydrogens (tertiary/aromatic N) is 4. The van der Waals surface area contributed by atoms with Gasteiger partial charge in [0.15, 0.2) is 0 Å². The molecule has 126 valence electrons. The molecule has 0 saturated heterocycles. The van der Waals surface area contributed by atoms with Gasteiger partial charge in [-0.05, 0) is 36.4 Å². The summed E-state index contributed by atoms with van der Waals surface area (Å²) in [6.07, 6.45) is 1.06. The Morgan fingerprint density at radius 1 is 1.32 bits per heavy atom. The Morgan fingerprint density at radius 2 is 2.04 bits per heavy atom. The summed E-state index contributed by atoms with van der Waals surface area (Å²) in [5.74, 6) is -0.526. The molecule has 0 saturated carbocycles. The molecule has 2 aromatic carbocycles. The van der Waals surface area contributed by atoms with Crippen LogP contribution in [0.15, 0.2) is 46.3 Å². The van der Waals surface area contributed by atoms with Crippen LogP contribution in [0.4, 0.5) is 5.69 Å². The van der Waals surface area contributed by atoms with Crippen molar-refractivity contribution >= 4 is 34.4 Å². The lowest BCUT2D eigenvalue weighted by molar-refractivity contribution is -0.398. The van der Waals surface area contributed by atoms with E-state index in [9.17, 15) is 20.0 Å². The molecule has 0 aliphatic heterocycles. The van der Waals surface area contributed by atoms with Gasteiger partial charge in [0.2, 0.25) is 0 Å². The van der Waals surface area contributed by atoms with Crippen LogP contribution >= 0.6 is 11.6 Å². The number of nitro groups is 1. The molecule has 0 fully saturated rings. The maximum Gasteiger partial charge on any atom is 0.282 e. The Kier molecular flexibility index (Phi) is 4.20. The number of aryl methyl sites for hydroxylation is 1. The molecule has 0 bridgehead atoms. The van der Waals surface area contributed by atoms with Gasteiger partial charge in [-0.3, -0.25) is 14.9 Å². The fourth-order valence-electron chi connectivity index (χ4n) is 2.32. The summed E-state index contributed by atoms with van der Waals surface area (Å²) in [6, 6.07) is 8.99. The Hall–Kier alpha value is -3.26. The fraction of sp³-hybridized carbons (Fsp3) is 0.0625. The van der Waals surface area contributed by atoms with Crippen LogP contribution in [0.3, 0.4) is 0 Å². The van der Waals surface area contributed by atoms with Gasteiger partial charge in [0.1, 0.15) is 5.82 Å². The second-order valence-corrected chi connectivity index (χ2v) is 5.57. The molecule has 0 aliphatic carbocycles. The predicted molar refractivity (Wildman–Crippen MR) is 91.3 cm³/mol. The lowest BCUT2D eigenvalue weighted by atomic mass is 10.2. The highest BCUT2D eigenvalue weighted by molar-refractivity contribution is 6.31. The van der Waals surface area contributed by atoms with Crippen LogP contribution in [0.25, 0.3) is 10.9 Å². The van der Waals surface area contributed by atoms with Gasteiger partial charge in [-0.25, -0.2) is 4.98 Å². The lowest BCUT2D eigenvalue weighted by Gasteiger charge is -2.11. The summed E-state index contributed by atoms with van der Waals surface area (Å²) < 4.78 is 1.02. The molecule has 8 nitrogen and oxygen atoms in total. The monoisotopic (exact) mass is 357 g/mol. The highest BCUT2D eigenvalue weighted by atomic mass is 35.5. The minimum atomic E-state index is -0.836. The molecular formula is C16H10ClN4O4-. The van der Waals surface area contributed by atoms with Crippen LogP contribution in [0, 0.1) is 17.0 Å². The van der Waals surface area contributed by atoms with Crippen molar-refractivity contribution in [3.8, 4) is 5.75 Å². The minimum absolute atomic E-state index is 0.0217. The van der Waals surface area contributed by atoms with Crippen molar-refractivity contribution in [3.05, 3.63) is 73.3 Å². The van der Waals surface area contributed by atoms with E-state index in [0.29, 0.717) is 16.7 Å². The van der Waals surface area contributed by atoms with E-state index in [1.54, 1.807) is 31.2 Å². The number of para-hydroxylation sites is 1. The van der Waals surface area contributed by atoms with Crippen molar-refractivity contribution in [2.45, 2.75) is 6.92 Å². The molecule has 0 spiro atoms. The summed E-state index contributed by atoms with van der Waals surface area (Å²) in [5.41, 5.74) is -0.643. The van der Waals surface area contributed by atoms with Crippen molar-refractivity contribution in [2.75, 3.05) is 0 Å². The zero-order valence-corrected chi connectivity index (χ0v) is 13.6. The maximum atomic E-state index is 12.5. The van der Waals surface area contributed by atoms with E-state index in [-0.39, 0.29) is 10.6 Å². The van der Waals surface area contributed by atoms with Gasteiger partial charge in [0.25, 0.3) is 11.2 Å². The number of hydrogen-bond acceptors (Lipinski definition) is 6. The first-order valence-corrected chi connectivity index (χ1v) is 7.44. The molecule has 9 heteroatoms. The molecule has 25 heavy (non-hydrogen) atoms. The summed E-state index contributed by atoms with van der Waals surface area (Å²) in [6.45, 7) is 1.59. The van der Waals surface area contributed by atoms with E-state index < -0.39 is 21.9 Å². The Balaban J connectivity index is 2.14. The number of fused-ring (bicyclic) bond motifs is 1. The molecule has 0 atom stereocenters. The minimum Gasteiger partial charge on any atom is -0.867 e. The van der Waals surface area contributed by atoms with E-state index in [1.165, 1.54) is 6.07 Å². The van der Waals surface area contributed by atoms with Crippen molar-refractivity contribution < 1.29 is 10.0 Å². The SMILES string of the molecule is Cc1nc2ccccc2c(=O)n1/N=C\c1cc(Cl)cc([N+](=O)[O-])c1[O-]. The molecule has 3 aromatic rings. The summed E-state index contributed by atoms with van der Waals surface area (Å²) in [4.78, 5) is 26.8. The first-order valence-electron chi connectivity index (χ1n) is 7.06. The van der Waals surface area contributed by atoms with Gasteiger partial charge in [-0.15, -0.1) is 0 Å². The van der Waals surface area contributed by atoms with Gasteiger partial charge in [-0.2, -0.15) is 9.78 Å². The third-order valence-corrected chi connectivity index (χ3v) is 3.71. The van der Waals surface area contributed by atoms with Gasteiger partial charge >= 0.3 is 0 Å². The fourth-order valence-corrected chi connectivity index (χ4v) is 2.54. The standard InChI is InChI=1S/C16H11ClN4O4/c1-9-19-13-5-3-2-4-12(13)16(23)20(9)18-8-10-6-11(17)7-14(15(10)22)21(24)25/h2-8,22H,1H3/p-1/b18-8-. The predicted octanol–water partition coefficient (Wildman–Crippen LogP) is 2.22. The third kappa shape index (κ3) is 3.07. The number of nitro benzene ring substituents is 1. The van der Waals surface area contributed by atoms with Crippen LogP contribution in [0.2, 0.25) is 5.02 Å². The summed E-state index contributed by atoms with van der Waals surface area (Å²) >= 11 is 5.80. The zero-order chi connectivity index (χ0) is 18.1. The number of aromatic nitrogens is 2. The molecule has 1 aromatic heterocycles. The van der Waals surface area contributed by atoms with Crippen LogP contribution in [0.1, 0.15) is 11.4 Å². The molecule has 0 N–H and O–H groups in total. The van der Waals surface area contributed by atoms with E-state index in [2.05, 4.69) is 10.1 Å². The molecule has 3 rings (SSSR count). The van der Waals surface area contributed by atoms with E-state index in [0.717, 1.165) is 17.0 Å². The topological polar surface area (TPSA) is 113 Å². The zero-order valence-electron chi connectivity index (χ0n) is 12.8. The molecule has 1 heterocycles. The quantitative estimate of drug-likeness (QED) is 0.405. The number of hydrogen-bond donors (Lipinski definition) is 0. The van der Waals surface area contributed by atoms with Crippen LogP contribution in [-0.2, 0) is 0 Å². The first kappa shape index (κ1) is 16.6. The molecule has 0 amide bonds. The smallest absolute Gasteiger partial charge is 0.282 e. The maximum absolute atomic E-state index is 12.5. The Morgan fingerprint density at radius 3 is 2.76 bits per heavy atom. The van der Waals surface area contributed by atoms with E-state index >= 15 is 0 Å². The lowest BCUT2D eigenvalue weighted by Crippen LogP contribution is -2.20. The average Bonchev–Trinajstić information content (AvgIpc) is 2.57. The highest BCUT2D eigenvalue weighted by Crippen LogP contribution is 2.30. The Bertz CT molecular complexity index is 1090. The largest absolute Gasteiger partial charge is 0.867 e. The average molecular weight is 358 g/mol. The number of halogens is 1. The summed E-state index contributed by atoms with van der Waals surface area (Å²) in [7, 11) is 0. The van der Waals surface area contributed by atoms with Crippen molar-refractivity contribution in [1.82, 2.24) is 9.66 Å². The van der Waals surface area contributed by atoms with Crippen LogP contribution < -0.4 is 10.7 Å². The van der Waals surface area contributed by atoms with Gasteiger partial charge in [0.05, 0.1) is 22.0 Å². The molecule has 0 radical (unpaired) electrons. The van der Waals surface area contributed by atoms with Gasteiger partial charge in [0, 0.05) is 11.1 Å². The van der Waals surface area contributed by atoms with Gasteiger partial charge in [-0.1, -0.05) is 23.7 Å². The second-order valence-electron chi connectivity index (χ2n) is 5.14. The molecule has 0 aliphatic rings. The van der Waals surface area contributed by atoms with Crippen molar-refractivity contribution in [3.63, 3.8) is 0 Å². The van der Waals surface area contributed by atoms with Crippen molar-refractivity contribution in [2.24, 2.45) is 5.10 Å². The van der Waals surface area contributed by atoms with Crippen molar-refractivity contribution in [1.29, 1.82) is 0 Å². The van der Waals surface area contributed by atoms with E-state index in [1.807, 2.05) is 0 Å². The second kappa shape index (κ2) is 6.33. The Labute approximate surface area is 145 Å². The molecule has 0 unspecified atom stereocenters.